The quantitative estimate of drug-likeness (QED) is 0.434. The monoisotopic (exact) mass is 433 g/mol. The molecule has 3 aromatic carbocycles. The van der Waals surface area contributed by atoms with E-state index in [1.54, 1.807) is 48.5 Å². The average molecular weight is 433 g/mol. The van der Waals surface area contributed by atoms with Crippen molar-refractivity contribution in [2.24, 2.45) is 5.73 Å². The van der Waals surface area contributed by atoms with Gasteiger partial charge in [0.25, 0.3) is 5.91 Å². The summed E-state index contributed by atoms with van der Waals surface area (Å²) in [5.41, 5.74) is 6.91. The Morgan fingerprint density at radius 1 is 0.935 bits per heavy atom. The van der Waals surface area contributed by atoms with Crippen LogP contribution >= 0.6 is 11.3 Å². The lowest BCUT2D eigenvalue weighted by atomic mass is 10.2. The molecule has 1 aromatic heterocycles. The molecule has 0 atom stereocenters. The molecule has 8 heteroatoms. The van der Waals surface area contributed by atoms with Gasteiger partial charge >= 0.3 is 0 Å². The second-order valence-electron chi connectivity index (χ2n) is 6.55. The van der Waals surface area contributed by atoms with Crippen LogP contribution in [0.4, 0.5) is 5.13 Å². The molecule has 0 spiro atoms. The number of aromatic nitrogens is 1. The zero-order chi connectivity index (χ0) is 21.8. The first kappa shape index (κ1) is 20.4. The lowest BCUT2D eigenvalue weighted by molar-refractivity contribution is 0.0997. The molecule has 0 saturated carbocycles. The van der Waals surface area contributed by atoms with E-state index in [1.165, 1.54) is 11.3 Å². The van der Waals surface area contributed by atoms with Crippen LogP contribution in [0.15, 0.2) is 66.7 Å². The Morgan fingerprint density at radius 2 is 1.55 bits per heavy atom. The van der Waals surface area contributed by atoms with Crippen molar-refractivity contribution in [2.75, 3.05) is 11.9 Å². The summed E-state index contributed by atoms with van der Waals surface area (Å²) in [4.78, 5) is 28.2. The lowest BCUT2D eigenvalue weighted by Crippen LogP contribution is -2.11. The first-order valence-electron chi connectivity index (χ1n) is 9.54. The zero-order valence-corrected chi connectivity index (χ0v) is 17.4. The summed E-state index contributed by atoms with van der Waals surface area (Å²) < 4.78 is 12.2. The second-order valence-corrected chi connectivity index (χ2v) is 7.58. The van der Waals surface area contributed by atoms with Gasteiger partial charge in [-0.1, -0.05) is 11.3 Å². The molecule has 0 aliphatic heterocycles. The normalized spacial score (nSPS) is 10.6. The molecular formula is C23H19N3O4S. The van der Waals surface area contributed by atoms with Gasteiger partial charge in [-0.25, -0.2) is 4.98 Å². The molecule has 7 nitrogen and oxygen atoms in total. The summed E-state index contributed by atoms with van der Waals surface area (Å²) in [5, 5.41) is 3.35. The van der Waals surface area contributed by atoms with Crippen LogP contribution in [0.25, 0.3) is 10.2 Å². The van der Waals surface area contributed by atoms with Crippen LogP contribution < -0.4 is 20.5 Å². The van der Waals surface area contributed by atoms with Crippen LogP contribution in [0.2, 0.25) is 0 Å². The second kappa shape index (κ2) is 8.85. The summed E-state index contributed by atoms with van der Waals surface area (Å²) in [7, 11) is 0. The maximum absolute atomic E-state index is 12.6. The Bertz CT molecular complexity index is 1230. The SMILES string of the molecule is CCOc1ccc2nc(NC(=O)c3ccc(Oc4ccc(C(N)=O)cc4)cc3)sc2c1. The van der Waals surface area contributed by atoms with E-state index in [2.05, 4.69) is 10.3 Å². The van der Waals surface area contributed by atoms with E-state index in [9.17, 15) is 9.59 Å². The molecule has 2 amide bonds. The maximum Gasteiger partial charge on any atom is 0.257 e. The number of nitrogens with zero attached hydrogens (tertiary/aromatic N) is 1. The van der Waals surface area contributed by atoms with Crippen molar-refractivity contribution < 1.29 is 19.1 Å². The van der Waals surface area contributed by atoms with E-state index in [0.29, 0.717) is 34.4 Å². The van der Waals surface area contributed by atoms with Crippen molar-refractivity contribution in [3.8, 4) is 17.2 Å². The number of hydrogen-bond donors (Lipinski definition) is 2. The maximum atomic E-state index is 12.6. The van der Waals surface area contributed by atoms with Gasteiger partial charge in [0, 0.05) is 11.1 Å². The van der Waals surface area contributed by atoms with Crippen LogP contribution in [0.3, 0.4) is 0 Å². The van der Waals surface area contributed by atoms with Crippen LogP contribution in [0, 0.1) is 0 Å². The minimum absolute atomic E-state index is 0.263. The number of carbonyl (C=O) groups excluding carboxylic acids is 2. The third-order valence-electron chi connectivity index (χ3n) is 4.38. The molecule has 0 radical (unpaired) electrons. The predicted octanol–water partition coefficient (Wildman–Crippen LogP) is 4.84. The van der Waals surface area contributed by atoms with Crippen molar-refractivity contribution >= 4 is 38.5 Å². The van der Waals surface area contributed by atoms with Crippen molar-refractivity contribution in [3.05, 3.63) is 77.9 Å². The fourth-order valence-corrected chi connectivity index (χ4v) is 3.77. The van der Waals surface area contributed by atoms with Gasteiger partial charge in [-0.2, -0.15) is 0 Å². The molecule has 31 heavy (non-hydrogen) atoms. The number of anilines is 1. The van der Waals surface area contributed by atoms with Gasteiger partial charge in [0.2, 0.25) is 5.91 Å². The van der Waals surface area contributed by atoms with Crippen LogP contribution in [-0.4, -0.2) is 23.4 Å². The third-order valence-corrected chi connectivity index (χ3v) is 5.32. The molecule has 1 heterocycles. The number of carbonyl (C=O) groups is 2. The highest BCUT2D eigenvalue weighted by Crippen LogP contribution is 2.30. The highest BCUT2D eigenvalue weighted by atomic mass is 32.1. The van der Waals surface area contributed by atoms with Crippen LogP contribution in [0.5, 0.6) is 17.2 Å². The fraction of sp³-hybridized carbons (Fsp3) is 0.0870. The summed E-state index contributed by atoms with van der Waals surface area (Å²) in [5.74, 6) is 1.14. The minimum Gasteiger partial charge on any atom is -0.494 e. The molecular weight excluding hydrogens is 414 g/mol. The van der Waals surface area contributed by atoms with Crippen molar-refractivity contribution in [1.29, 1.82) is 0 Å². The molecule has 4 aromatic rings. The Balaban J connectivity index is 1.42. The standard InChI is InChI=1S/C23H19N3O4S/c1-2-29-18-11-12-19-20(13-18)31-23(25-19)26-22(28)15-5-9-17(10-6-15)30-16-7-3-14(4-8-16)21(24)27/h3-13H,2H2,1H3,(H2,24,27)(H,25,26,28). The zero-order valence-electron chi connectivity index (χ0n) is 16.6. The average Bonchev–Trinajstić information content (AvgIpc) is 3.16. The van der Waals surface area contributed by atoms with Gasteiger partial charge in [-0.15, -0.1) is 0 Å². The van der Waals surface area contributed by atoms with Gasteiger partial charge in [-0.05, 0) is 73.7 Å². The Hall–Kier alpha value is -3.91. The van der Waals surface area contributed by atoms with Crippen molar-refractivity contribution in [2.45, 2.75) is 6.92 Å². The number of thiazole rings is 1. The third kappa shape index (κ3) is 4.81. The number of primary amides is 1. The smallest absolute Gasteiger partial charge is 0.257 e. The number of benzene rings is 3. The van der Waals surface area contributed by atoms with Crippen LogP contribution in [-0.2, 0) is 0 Å². The van der Waals surface area contributed by atoms with E-state index in [1.807, 2.05) is 25.1 Å². The first-order chi connectivity index (χ1) is 15.0. The Kier molecular flexibility index (Phi) is 5.81. The number of nitrogens with two attached hydrogens (primary N) is 1. The number of amides is 2. The van der Waals surface area contributed by atoms with E-state index in [4.69, 9.17) is 15.2 Å². The molecule has 0 unspecified atom stereocenters. The molecule has 0 aliphatic rings. The number of nitrogens with one attached hydrogen (secondary N) is 1. The number of rotatable bonds is 7. The predicted molar refractivity (Wildman–Crippen MR) is 120 cm³/mol. The molecule has 0 saturated heterocycles. The van der Waals surface area contributed by atoms with E-state index >= 15 is 0 Å². The molecule has 0 aliphatic carbocycles. The summed E-state index contributed by atoms with van der Waals surface area (Å²) in [6.45, 7) is 2.52. The number of fused-ring (bicyclic) bond motifs is 1. The van der Waals surface area contributed by atoms with Crippen molar-refractivity contribution in [3.63, 3.8) is 0 Å². The van der Waals surface area contributed by atoms with Crippen molar-refractivity contribution in [1.82, 2.24) is 4.98 Å². The summed E-state index contributed by atoms with van der Waals surface area (Å²) in [6.07, 6.45) is 0. The summed E-state index contributed by atoms with van der Waals surface area (Å²) >= 11 is 1.39. The number of hydrogen-bond acceptors (Lipinski definition) is 6. The van der Waals surface area contributed by atoms with E-state index in [-0.39, 0.29) is 5.91 Å². The van der Waals surface area contributed by atoms with Gasteiger partial charge in [0.1, 0.15) is 17.2 Å². The molecule has 0 fully saturated rings. The molecule has 156 valence electrons. The van der Waals surface area contributed by atoms with Crippen LogP contribution in [0.1, 0.15) is 27.6 Å². The van der Waals surface area contributed by atoms with Gasteiger partial charge < -0.3 is 15.2 Å². The minimum atomic E-state index is -0.496. The Labute approximate surface area is 182 Å². The fourth-order valence-electron chi connectivity index (χ4n) is 2.88. The highest BCUT2D eigenvalue weighted by Gasteiger charge is 2.11. The van der Waals surface area contributed by atoms with E-state index < -0.39 is 5.91 Å². The molecule has 4 rings (SSSR count). The number of ether oxygens (including phenoxy) is 2. The van der Waals surface area contributed by atoms with Gasteiger partial charge in [0.05, 0.1) is 16.8 Å². The topological polar surface area (TPSA) is 104 Å². The highest BCUT2D eigenvalue weighted by molar-refractivity contribution is 7.22. The Morgan fingerprint density at radius 3 is 2.16 bits per heavy atom. The van der Waals surface area contributed by atoms with Gasteiger partial charge in [0.15, 0.2) is 5.13 Å². The first-order valence-corrected chi connectivity index (χ1v) is 10.4. The lowest BCUT2D eigenvalue weighted by Gasteiger charge is -2.07. The summed E-state index contributed by atoms with van der Waals surface area (Å²) in [6, 6.07) is 18.9. The molecule has 0 bridgehead atoms. The van der Waals surface area contributed by atoms with E-state index in [0.717, 1.165) is 16.0 Å². The largest absolute Gasteiger partial charge is 0.494 e. The van der Waals surface area contributed by atoms with Gasteiger partial charge in [-0.3, -0.25) is 14.9 Å². The molecule has 3 N–H and O–H groups in total.